The van der Waals surface area contributed by atoms with Crippen LogP contribution in [0.3, 0.4) is 0 Å². The van der Waals surface area contributed by atoms with E-state index >= 15 is 0 Å². The molecule has 0 spiro atoms. The molecule has 0 radical (unpaired) electrons. The van der Waals surface area contributed by atoms with Crippen LogP contribution in [0, 0.1) is 15.9 Å². The minimum Gasteiger partial charge on any atom is -0.494 e. The lowest BCUT2D eigenvalue weighted by Gasteiger charge is -2.08. The number of aromatic nitrogens is 1. The highest BCUT2D eigenvalue weighted by Crippen LogP contribution is 2.29. The van der Waals surface area contributed by atoms with Gasteiger partial charge in [-0.25, -0.2) is 9.37 Å². The Morgan fingerprint density at radius 2 is 2.15 bits per heavy atom. The van der Waals surface area contributed by atoms with Gasteiger partial charge >= 0.3 is 5.69 Å². The number of benzene rings is 1. The number of rotatable bonds is 4. The van der Waals surface area contributed by atoms with E-state index in [0.717, 1.165) is 0 Å². The molecule has 20 heavy (non-hydrogen) atoms. The van der Waals surface area contributed by atoms with Crippen LogP contribution >= 0.6 is 11.6 Å². The van der Waals surface area contributed by atoms with Gasteiger partial charge < -0.3 is 10.1 Å². The van der Waals surface area contributed by atoms with E-state index in [4.69, 9.17) is 16.3 Å². The molecule has 0 atom stereocenters. The van der Waals surface area contributed by atoms with Gasteiger partial charge in [-0.2, -0.15) is 0 Å². The van der Waals surface area contributed by atoms with Crippen molar-refractivity contribution in [3.8, 4) is 5.75 Å². The highest BCUT2D eigenvalue weighted by atomic mass is 35.5. The zero-order chi connectivity index (χ0) is 14.7. The lowest BCUT2D eigenvalue weighted by atomic mass is 10.2. The number of nitrogens with zero attached hydrogens (tertiary/aromatic N) is 2. The molecule has 1 aromatic carbocycles. The minimum atomic E-state index is -0.591. The smallest absolute Gasteiger partial charge is 0.311 e. The monoisotopic (exact) mass is 297 g/mol. The van der Waals surface area contributed by atoms with Crippen LogP contribution < -0.4 is 10.1 Å². The van der Waals surface area contributed by atoms with Gasteiger partial charge in [-0.15, -0.1) is 0 Å². The number of methoxy groups -OCH3 is 1. The predicted octanol–water partition coefficient (Wildman–Crippen LogP) is 3.53. The number of pyridine rings is 1. The van der Waals surface area contributed by atoms with Crippen molar-refractivity contribution in [2.75, 3.05) is 12.4 Å². The lowest BCUT2D eigenvalue weighted by molar-refractivity contribution is -0.384. The first kappa shape index (κ1) is 14.0. The summed E-state index contributed by atoms with van der Waals surface area (Å²) in [5.74, 6) is -0.553. The average Bonchev–Trinajstić information content (AvgIpc) is 2.40. The number of ether oxygens (including phenoxy) is 1. The van der Waals surface area contributed by atoms with Gasteiger partial charge in [0.2, 0.25) is 5.82 Å². The zero-order valence-electron chi connectivity index (χ0n) is 10.3. The summed E-state index contributed by atoms with van der Waals surface area (Å²) in [6.45, 7) is 0. The molecule has 0 saturated carbocycles. The van der Waals surface area contributed by atoms with Crippen LogP contribution in [0.2, 0.25) is 5.15 Å². The average molecular weight is 298 g/mol. The molecular weight excluding hydrogens is 289 g/mol. The molecule has 0 aliphatic rings. The van der Waals surface area contributed by atoms with E-state index in [1.807, 2.05) is 0 Å². The quantitative estimate of drug-likeness (QED) is 0.530. The fourth-order valence-corrected chi connectivity index (χ4v) is 1.69. The molecule has 0 amide bonds. The standard InChI is InChI=1S/C12H9ClFN3O3/c1-20-10-6-7(2-3-8(10)14)15-12-9(17(18)19)4-5-11(13)16-12/h2-6H,1H3,(H,15,16). The topological polar surface area (TPSA) is 77.3 Å². The van der Waals surface area contributed by atoms with E-state index < -0.39 is 10.7 Å². The number of nitrogens with one attached hydrogen (secondary N) is 1. The Balaban J connectivity index is 2.39. The molecule has 0 fully saturated rings. The number of hydrogen-bond acceptors (Lipinski definition) is 5. The van der Waals surface area contributed by atoms with Gasteiger partial charge in [0, 0.05) is 17.8 Å². The van der Waals surface area contributed by atoms with E-state index in [2.05, 4.69) is 10.3 Å². The molecule has 8 heteroatoms. The molecule has 0 bridgehead atoms. The van der Waals surface area contributed by atoms with E-state index in [0.29, 0.717) is 5.69 Å². The van der Waals surface area contributed by atoms with Crippen LogP contribution in [-0.2, 0) is 0 Å². The van der Waals surface area contributed by atoms with Crippen LogP contribution in [0.1, 0.15) is 0 Å². The van der Waals surface area contributed by atoms with Gasteiger partial charge in [0.25, 0.3) is 0 Å². The highest BCUT2D eigenvalue weighted by Gasteiger charge is 2.16. The largest absolute Gasteiger partial charge is 0.494 e. The Kier molecular flexibility index (Phi) is 3.99. The third-order valence-electron chi connectivity index (χ3n) is 2.45. The maximum Gasteiger partial charge on any atom is 0.311 e. The van der Waals surface area contributed by atoms with Gasteiger partial charge in [-0.05, 0) is 18.2 Å². The summed E-state index contributed by atoms with van der Waals surface area (Å²) in [4.78, 5) is 14.2. The van der Waals surface area contributed by atoms with Gasteiger partial charge in [0.05, 0.1) is 12.0 Å². The van der Waals surface area contributed by atoms with Crippen molar-refractivity contribution < 1.29 is 14.1 Å². The van der Waals surface area contributed by atoms with Crippen LogP contribution in [-0.4, -0.2) is 17.0 Å². The molecule has 0 unspecified atom stereocenters. The first-order valence-electron chi connectivity index (χ1n) is 5.43. The molecule has 0 saturated heterocycles. The normalized spacial score (nSPS) is 10.2. The summed E-state index contributed by atoms with van der Waals surface area (Å²) < 4.78 is 18.1. The molecular formula is C12H9ClFN3O3. The van der Waals surface area contributed by atoms with Crippen LogP contribution in [0.5, 0.6) is 5.75 Å². The molecule has 1 aromatic heterocycles. The second-order valence-electron chi connectivity index (χ2n) is 3.73. The van der Waals surface area contributed by atoms with Crippen molar-refractivity contribution in [1.29, 1.82) is 0 Å². The van der Waals surface area contributed by atoms with Crippen LogP contribution in [0.25, 0.3) is 0 Å². The summed E-state index contributed by atoms with van der Waals surface area (Å²) in [6, 6.07) is 6.50. The van der Waals surface area contributed by atoms with Crippen molar-refractivity contribution in [2.24, 2.45) is 0 Å². The summed E-state index contributed by atoms with van der Waals surface area (Å²) in [5, 5.41) is 13.7. The number of anilines is 2. The van der Waals surface area contributed by atoms with E-state index in [9.17, 15) is 14.5 Å². The molecule has 1 N–H and O–H groups in total. The summed E-state index contributed by atoms with van der Waals surface area (Å²) in [6.07, 6.45) is 0. The Labute approximate surface area is 118 Å². The van der Waals surface area contributed by atoms with E-state index in [-0.39, 0.29) is 22.4 Å². The van der Waals surface area contributed by atoms with Crippen molar-refractivity contribution >= 4 is 28.8 Å². The Hall–Kier alpha value is -2.41. The Bertz CT molecular complexity index is 666. The van der Waals surface area contributed by atoms with Gasteiger partial charge in [0.1, 0.15) is 5.15 Å². The maximum absolute atomic E-state index is 13.3. The summed E-state index contributed by atoms with van der Waals surface area (Å²) >= 11 is 5.71. The summed E-state index contributed by atoms with van der Waals surface area (Å²) in [5.41, 5.74) is 0.152. The number of halogens is 2. The molecule has 0 aliphatic heterocycles. The summed E-state index contributed by atoms with van der Waals surface area (Å²) in [7, 11) is 1.32. The van der Waals surface area contributed by atoms with Gasteiger partial charge in [-0.3, -0.25) is 10.1 Å². The Morgan fingerprint density at radius 3 is 2.80 bits per heavy atom. The Morgan fingerprint density at radius 1 is 1.40 bits per heavy atom. The fourth-order valence-electron chi connectivity index (χ4n) is 1.54. The molecule has 6 nitrogen and oxygen atoms in total. The molecule has 104 valence electrons. The van der Waals surface area contributed by atoms with Crippen LogP contribution in [0.4, 0.5) is 21.6 Å². The molecule has 1 heterocycles. The van der Waals surface area contributed by atoms with Crippen LogP contribution in [0.15, 0.2) is 30.3 Å². The maximum atomic E-state index is 13.3. The molecule has 2 aromatic rings. The lowest BCUT2D eigenvalue weighted by Crippen LogP contribution is -2.00. The SMILES string of the molecule is COc1cc(Nc2nc(Cl)ccc2[N+](=O)[O-])ccc1F. The zero-order valence-corrected chi connectivity index (χ0v) is 11.0. The highest BCUT2D eigenvalue weighted by molar-refractivity contribution is 6.29. The predicted molar refractivity (Wildman–Crippen MR) is 72.1 cm³/mol. The van der Waals surface area contributed by atoms with Crippen molar-refractivity contribution in [3.05, 3.63) is 51.4 Å². The van der Waals surface area contributed by atoms with E-state index in [1.165, 1.54) is 37.4 Å². The van der Waals surface area contributed by atoms with E-state index in [1.54, 1.807) is 0 Å². The molecule has 2 rings (SSSR count). The second kappa shape index (κ2) is 5.70. The number of hydrogen-bond donors (Lipinski definition) is 1. The fraction of sp³-hybridized carbons (Fsp3) is 0.0833. The van der Waals surface area contributed by atoms with Gasteiger partial charge in [-0.1, -0.05) is 11.6 Å². The minimum absolute atomic E-state index is 0.0136. The van der Waals surface area contributed by atoms with Gasteiger partial charge in [0.15, 0.2) is 11.6 Å². The van der Waals surface area contributed by atoms with Crippen molar-refractivity contribution in [1.82, 2.24) is 4.98 Å². The third-order valence-corrected chi connectivity index (χ3v) is 2.66. The van der Waals surface area contributed by atoms with Crippen molar-refractivity contribution in [3.63, 3.8) is 0 Å². The first-order chi connectivity index (χ1) is 9.51. The molecule has 0 aliphatic carbocycles. The first-order valence-corrected chi connectivity index (χ1v) is 5.80. The van der Waals surface area contributed by atoms with Crippen molar-refractivity contribution in [2.45, 2.75) is 0 Å². The number of nitro groups is 1. The second-order valence-corrected chi connectivity index (χ2v) is 4.12. The third kappa shape index (κ3) is 2.94.